The van der Waals surface area contributed by atoms with Gasteiger partial charge in [-0.2, -0.15) is 0 Å². The Labute approximate surface area is 127 Å². The average Bonchev–Trinajstić information content (AvgIpc) is 2.98. The average molecular weight is 303 g/mol. The zero-order valence-electron chi connectivity index (χ0n) is 11.8. The molecule has 0 fully saturated rings. The van der Waals surface area contributed by atoms with E-state index in [1.165, 1.54) is 11.3 Å². The first kappa shape index (κ1) is 13.9. The number of benzene rings is 1. The first-order chi connectivity index (χ1) is 10.2. The number of carbonyl (C=O) groups is 1. The Morgan fingerprint density at radius 3 is 2.81 bits per heavy atom. The van der Waals surface area contributed by atoms with Crippen molar-refractivity contribution in [2.24, 2.45) is 0 Å². The molecule has 1 aliphatic rings. The normalized spacial score (nSPS) is 13.3. The molecule has 0 aliphatic carbocycles. The van der Waals surface area contributed by atoms with E-state index in [4.69, 9.17) is 10.5 Å². The summed E-state index contributed by atoms with van der Waals surface area (Å²) in [5.41, 5.74) is 7.60. The summed E-state index contributed by atoms with van der Waals surface area (Å²) in [6, 6.07) is 7.67. The van der Waals surface area contributed by atoms with Crippen LogP contribution in [0.2, 0.25) is 0 Å². The quantitative estimate of drug-likeness (QED) is 0.940. The minimum absolute atomic E-state index is 0.114. The number of hydrogen-bond acceptors (Lipinski definition) is 5. The summed E-state index contributed by atoms with van der Waals surface area (Å²) >= 11 is 1.47. The van der Waals surface area contributed by atoms with Gasteiger partial charge in [0, 0.05) is 0 Å². The molecule has 0 unspecified atom stereocenters. The number of nitrogens with zero attached hydrogens (tertiary/aromatic N) is 2. The second kappa shape index (κ2) is 5.73. The molecule has 2 heterocycles. The molecular formula is C15H17N3O2S. The van der Waals surface area contributed by atoms with Crippen LogP contribution in [-0.4, -0.2) is 22.4 Å². The summed E-state index contributed by atoms with van der Waals surface area (Å²) in [5, 5.41) is 0.582. The fourth-order valence-corrected chi connectivity index (χ4v) is 3.25. The van der Waals surface area contributed by atoms with Crippen LogP contribution in [0.15, 0.2) is 24.3 Å². The Morgan fingerprint density at radius 1 is 1.38 bits per heavy atom. The molecule has 0 bridgehead atoms. The van der Waals surface area contributed by atoms with Crippen molar-refractivity contribution in [3.05, 3.63) is 40.4 Å². The summed E-state index contributed by atoms with van der Waals surface area (Å²) in [4.78, 5) is 19.5. The van der Waals surface area contributed by atoms with Gasteiger partial charge in [-0.1, -0.05) is 12.1 Å². The van der Waals surface area contributed by atoms with Gasteiger partial charge in [0.2, 0.25) is 5.91 Å². The van der Waals surface area contributed by atoms with Crippen molar-refractivity contribution in [3.63, 3.8) is 0 Å². The molecule has 6 heteroatoms. The predicted octanol–water partition coefficient (Wildman–Crippen LogP) is 2.21. The Balaban J connectivity index is 1.61. The lowest BCUT2D eigenvalue weighted by molar-refractivity contribution is -0.131. The maximum Gasteiger partial charge on any atom is 0.227 e. The number of fused-ring (bicyclic) bond motifs is 1. The van der Waals surface area contributed by atoms with Gasteiger partial charge in [0.1, 0.15) is 5.75 Å². The SMILES string of the molecule is CCOc1ccc(CC(=O)N2Cc3nc(N)sc3C2)cc1. The van der Waals surface area contributed by atoms with Gasteiger partial charge in [0.15, 0.2) is 5.13 Å². The van der Waals surface area contributed by atoms with Gasteiger partial charge < -0.3 is 15.4 Å². The zero-order chi connectivity index (χ0) is 14.8. The van der Waals surface area contributed by atoms with E-state index in [1.54, 1.807) is 0 Å². The van der Waals surface area contributed by atoms with Gasteiger partial charge in [0.25, 0.3) is 0 Å². The van der Waals surface area contributed by atoms with Gasteiger partial charge in [-0.05, 0) is 24.6 Å². The molecule has 5 nitrogen and oxygen atoms in total. The monoisotopic (exact) mass is 303 g/mol. The van der Waals surface area contributed by atoms with Gasteiger partial charge in [-0.25, -0.2) is 4.98 Å². The number of aromatic nitrogens is 1. The van der Waals surface area contributed by atoms with Gasteiger partial charge in [-0.15, -0.1) is 11.3 Å². The Kier molecular flexibility index (Phi) is 3.79. The summed E-state index contributed by atoms with van der Waals surface area (Å²) < 4.78 is 5.39. The molecule has 0 spiro atoms. The minimum atomic E-state index is 0.114. The second-order valence-corrected chi connectivity index (χ2v) is 6.04. The lowest BCUT2D eigenvalue weighted by Crippen LogP contribution is -2.27. The summed E-state index contributed by atoms with van der Waals surface area (Å²) in [5.74, 6) is 0.944. The predicted molar refractivity (Wildman–Crippen MR) is 82.1 cm³/mol. The number of anilines is 1. The summed E-state index contributed by atoms with van der Waals surface area (Å²) in [6.07, 6.45) is 0.400. The van der Waals surface area contributed by atoms with Crippen LogP contribution in [0.3, 0.4) is 0 Å². The van der Waals surface area contributed by atoms with Crippen LogP contribution in [0.4, 0.5) is 5.13 Å². The number of nitrogen functional groups attached to an aromatic ring is 1. The second-order valence-electron chi connectivity index (χ2n) is 4.93. The molecule has 3 rings (SSSR count). The van der Waals surface area contributed by atoms with E-state index >= 15 is 0 Å². The molecule has 1 aromatic carbocycles. The molecule has 110 valence electrons. The van der Waals surface area contributed by atoms with E-state index in [2.05, 4.69) is 4.98 Å². The first-order valence-electron chi connectivity index (χ1n) is 6.89. The minimum Gasteiger partial charge on any atom is -0.494 e. The topological polar surface area (TPSA) is 68.5 Å². The maximum absolute atomic E-state index is 12.3. The van der Waals surface area contributed by atoms with Crippen molar-refractivity contribution >= 4 is 22.4 Å². The molecule has 0 saturated heterocycles. The van der Waals surface area contributed by atoms with Crippen molar-refractivity contribution in [1.29, 1.82) is 0 Å². The van der Waals surface area contributed by atoms with E-state index in [-0.39, 0.29) is 5.91 Å². The molecular weight excluding hydrogens is 286 g/mol. The maximum atomic E-state index is 12.3. The highest BCUT2D eigenvalue weighted by Crippen LogP contribution is 2.29. The Hall–Kier alpha value is -2.08. The van der Waals surface area contributed by atoms with Gasteiger partial charge in [-0.3, -0.25) is 4.79 Å². The van der Waals surface area contributed by atoms with Gasteiger partial charge >= 0.3 is 0 Å². The lowest BCUT2D eigenvalue weighted by Gasteiger charge is -2.15. The largest absolute Gasteiger partial charge is 0.494 e. The van der Waals surface area contributed by atoms with E-state index in [0.717, 1.165) is 21.9 Å². The molecule has 1 aromatic heterocycles. The van der Waals surface area contributed by atoms with E-state index in [0.29, 0.717) is 31.2 Å². The molecule has 0 atom stereocenters. The van der Waals surface area contributed by atoms with Crippen LogP contribution in [0.1, 0.15) is 23.1 Å². The highest BCUT2D eigenvalue weighted by atomic mass is 32.1. The standard InChI is InChI=1S/C15H17N3O2S/c1-2-20-11-5-3-10(4-6-11)7-14(19)18-8-12-13(9-18)21-15(16)17-12/h3-6H,2,7-9H2,1H3,(H2,16,17). The van der Waals surface area contributed by atoms with Crippen LogP contribution in [0, 0.1) is 0 Å². The molecule has 2 N–H and O–H groups in total. The molecule has 0 radical (unpaired) electrons. The first-order valence-corrected chi connectivity index (χ1v) is 7.71. The van der Waals surface area contributed by atoms with Crippen LogP contribution >= 0.6 is 11.3 Å². The van der Waals surface area contributed by atoms with Gasteiger partial charge in [0.05, 0.1) is 36.7 Å². The van der Waals surface area contributed by atoms with Crippen LogP contribution in [0.5, 0.6) is 5.75 Å². The van der Waals surface area contributed by atoms with Crippen molar-refractivity contribution in [2.75, 3.05) is 12.3 Å². The number of rotatable bonds is 4. The fourth-order valence-electron chi connectivity index (χ4n) is 2.39. The zero-order valence-corrected chi connectivity index (χ0v) is 12.7. The van der Waals surface area contributed by atoms with Crippen LogP contribution in [-0.2, 0) is 24.3 Å². The number of hydrogen-bond donors (Lipinski definition) is 1. The molecule has 21 heavy (non-hydrogen) atoms. The number of carbonyl (C=O) groups excluding carboxylic acids is 1. The third-order valence-electron chi connectivity index (χ3n) is 3.41. The third-order valence-corrected chi connectivity index (χ3v) is 4.32. The van der Waals surface area contributed by atoms with Crippen molar-refractivity contribution in [2.45, 2.75) is 26.4 Å². The highest BCUT2D eigenvalue weighted by molar-refractivity contribution is 7.15. The van der Waals surface area contributed by atoms with Crippen molar-refractivity contribution in [3.8, 4) is 5.75 Å². The molecule has 2 aromatic rings. The van der Waals surface area contributed by atoms with Crippen molar-refractivity contribution < 1.29 is 9.53 Å². The highest BCUT2D eigenvalue weighted by Gasteiger charge is 2.26. The number of amides is 1. The number of ether oxygens (including phenoxy) is 1. The number of thiazole rings is 1. The smallest absolute Gasteiger partial charge is 0.227 e. The van der Waals surface area contributed by atoms with Crippen LogP contribution in [0.25, 0.3) is 0 Å². The summed E-state index contributed by atoms with van der Waals surface area (Å²) in [6.45, 7) is 3.79. The number of nitrogens with two attached hydrogens (primary N) is 1. The molecule has 0 saturated carbocycles. The third kappa shape index (κ3) is 3.00. The molecule has 1 aliphatic heterocycles. The van der Waals surface area contributed by atoms with Crippen LogP contribution < -0.4 is 10.5 Å². The van der Waals surface area contributed by atoms with Crippen molar-refractivity contribution in [1.82, 2.24) is 9.88 Å². The molecule has 1 amide bonds. The Morgan fingerprint density at radius 2 is 2.14 bits per heavy atom. The van der Waals surface area contributed by atoms with E-state index in [9.17, 15) is 4.79 Å². The fraction of sp³-hybridized carbons (Fsp3) is 0.333. The Bertz CT molecular complexity index is 628. The summed E-state index contributed by atoms with van der Waals surface area (Å²) in [7, 11) is 0. The lowest BCUT2D eigenvalue weighted by atomic mass is 10.1. The van der Waals surface area contributed by atoms with E-state index < -0.39 is 0 Å². The van der Waals surface area contributed by atoms with E-state index in [1.807, 2.05) is 36.1 Å².